The Labute approximate surface area is 147 Å². The Kier molecular flexibility index (Phi) is 7.25. The second-order valence-corrected chi connectivity index (χ2v) is 6.26. The summed E-state index contributed by atoms with van der Waals surface area (Å²) < 4.78 is 0. The van der Waals surface area contributed by atoms with Gasteiger partial charge in [-0.15, -0.1) is 0 Å². The quantitative estimate of drug-likeness (QED) is 0.569. The standard InChI is InChI=1S/C18H25N3O4/c22-16(23)7-4-12-19-18(25)21-15-10-8-13(9-11-15)17(24)20-14-5-2-1-3-6-14/h8-11,14H,1-7,12H2,(H,20,24)(H,22,23)(H2,19,21,25). The maximum absolute atomic E-state index is 12.2. The van der Waals surface area contributed by atoms with Gasteiger partial charge in [0.05, 0.1) is 0 Å². The number of rotatable bonds is 7. The number of hydrogen-bond acceptors (Lipinski definition) is 3. The lowest BCUT2D eigenvalue weighted by molar-refractivity contribution is -0.137. The van der Waals surface area contributed by atoms with Crippen molar-refractivity contribution < 1.29 is 19.5 Å². The lowest BCUT2D eigenvalue weighted by Crippen LogP contribution is -2.36. The summed E-state index contributed by atoms with van der Waals surface area (Å²) in [6.45, 7) is 0.292. The summed E-state index contributed by atoms with van der Waals surface area (Å²) in [5.74, 6) is -0.971. The van der Waals surface area contributed by atoms with Crippen molar-refractivity contribution in [3.8, 4) is 0 Å². The smallest absolute Gasteiger partial charge is 0.319 e. The van der Waals surface area contributed by atoms with E-state index in [1.165, 1.54) is 6.42 Å². The fourth-order valence-electron chi connectivity index (χ4n) is 2.84. The van der Waals surface area contributed by atoms with Crippen molar-refractivity contribution in [2.24, 2.45) is 0 Å². The highest BCUT2D eigenvalue weighted by atomic mass is 16.4. The predicted octanol–water partition coefficient (Wildman–Crippen LogP) is 2.74. The number of carboxylic acid groups (broad SMARTS) is 1. The van der Waals surface area contributed by atoms with Crippen LogP contribution < -0.4 is 16.0 Å². The average Bonchev–Trinajstić information content (AvgIpc) is 2.60. The lowest BCUT2D eigenvalue weighted by Gasteiger charge is -2.22. The lowest BCUT2D eigenvalue weighted by atomic mass is 9.95. The highest BCUT2D eigenvalue weighted by Crippen LogP contribution is 2.18. The van der Waals surface area contributed by atoms with Gasteiger partial charge in [-0.25, -0.2) is 4.79 Å². The molecule has 0 spiro atoms. The van der Waals surface area contributed by atoms with Gasteiger partial charge in [0, 0.05) is 30.3 Å². The number of carboxylic acids is 1. The SMILES string of the molecule is O=C(O)CCCNC(=O)Nc1ccc(C(=O)NC2CCCCC2)cc1. The van der Waals surface area contributed by atoms with Crippen LogP contribution in [0, 0.1) is 0 Å². The Hall–Kier alpha value is -2.57. The Bertz CT molecular complexity index is 595. The predicted molar refractivity (Wildman–Crippen MR) is 94.7 cm³/mol. The Morgan fingerprint density at radius 1 is 1.04 bits per heavy atom. The molecule has 25 heavy (non-hydrogen) atoms. The summed E-state index contributed by atoms with van der Waals surface area (Å²) in [7, 11) is 0. The van der Waals surface area contributed by atoms with Crippen LogP contribution in [0.1, 0.15) is 55.3 Å². The molecule has 0 atom stereocenters. The van der Waals surface area contributed by atoms with E-state index in [4.69, 9.17) is 5.11 Å². The highest BCUT2D eigenvalue weighted by Gasteiger charge is 2.16. The molecule has 1 fully saturated rings. The Morgan fingerprint density at radius 3 is 2.36 bits per heavy atom. The number of carbonyl (C=O) groups excluding carboxylic acids is 2. The summed E-state index contributed by atoms with van der Waals surface area (Å²) in [5, 5.41) is 16.8. The Balaban J connectivity index is 1.75. The minimum Gasteiger partial charge on any atom is -0.481 e. The molecule has 2 rings (SSSR count). The molecule has 0 saturated heterocycles. The summed E-state index contributed by atoms with van der Waals surface area (Å²) in [6.07, 6.45) is 6.03. The van der Waals surface area contributed by atoms with Crippen LogP contribution in [0.25, 0.3) is 0 Å². The number of benzene rings is 1. The van der Waals surface area contributed by atoms with Gasteiger partial charge in [0.1, 0.15) is 0 Å². The van der Waals surface area contributed by atoms with Crippen LogP contribution in [0.3, 0.4) is 0 Å². The van der Waals surface area contributed by atoms with Crippen molar-refractivity contribution in [1.82, 2.24) is 10.6 Å². The molecule has 7 nitrogen and oxygen atoms in total. The fraction of sp³-hybridized carbons (Fsp3) is 0.500. The van der Waals surface area contributed by atoms with Gasteiger partial charge in [-0.2, -0.15) is 0 Å². The number of amides is 3. The molecule has 1 saturated carbocycles. The monoisotopic (exact) mass is 347 g/mol. The van der Waals surface area contributed by atoms with Crippen molar-refractivity contribution in [3.05, 3.63) is 29.8 Å². The zero-order valence-corrected chi connectivity index (χ0v) is 14.2. The van der Waals surface area contributed by atoms with Crippen molar-refractivity contribution in [2.45, 2.75) is 51.0 Å². The Morgan fingerprint density at radius 2 is 1.72 bits per heavy atom. The fourth-order valence-corrected chi connectivity index (χ4v) is 2.84. The van der Waals surface area contributed by atoms with E-state index in [9.17, 15) is 14.4 Å². The van der Waals surface area contributed by atoms with Gasteiger partial charge >= 0.3 is 12.0 Å². The summed E-state index contributed by atoms with van der Waals surface area (Å²) in [4.78, 5) is 34.3. The normalized spacial score (nSPS) is 14.6. The number of carbonyl (C=O) groups is 3. The van der Waals surface area contributed by atoms with E-state index in [-0.39, 0.29) is 18.4 Å². The zero-order valence-electron chi connectivity index (χ0n) is 14.2. The molecule has 3 amide bonds. The number of aliphatic carboxylic acids is 1. The van der Waals surface area contributed by atoms with Gasteiger partial charge in [0.2, 0.25) is 0 Å². The maximum Gasteiger partial charge on any atom is 0.319 e. The van der Waals surface area contributed by atoms with E-state index in [2.05, 4.69) is 16.0 Å². The molecule has 1 aliphatic rings. The highest BCUT2D eigenvalue weighted by molar-refractivity contribution is 5.95. The van der Waals surface area contributed by atoms with E-state index in [1.54, 1.807) is 24.3 Å². The third kappa shape index (κ3) is 6.82. The average molecular weight is 347 g/mol. The van der Waals surface area contributed by atoms with Gasteiger partial charge in [-0.1, -0.05) is 19.3 Å². The van der Waals surface area contributed by atoms with Crippen molar-refractivity contribution in [2.75, 3.05) is 11.9 Å². The van der Waals surface area contributed by atoms with Crippen LogP contribution in [0.4, 0.5) is 10.5 Å². The molecule has 4 N–H and O–H groups in total. The first-order chi connectivity index (χ1) is 12.0. The van der Waals surface area contributed by atoms with Crippen molar-refractivity contribution >= 4 is 23.6 Å². The van der Waals surface area contributed by atoms with Crippen molar-refractivity contribution in [3.63, 3.8) is 0 Å². The minimum atomic E-state index is -0.885. The minimum absolute atomic E-state index is 0.0189. The summed E-state index contributed by atoms with van der Waals surface area (Å²) in [6, 6.07) is 6.57. The van der Waals surface area contributed by atoms with Crippen LogP contribution in [0.15, 0.2) is 24.3 Å². The second kappa shape index (κ2) is 9.66. The number of anilines is 1. The molecule has 1 aliphatic carbocycles. The van der Waals surface area contributed by atoms with E-state index < -0.39 is 12.0 Å². The topological polar surface area (TPSA) is 108 Å². The molecule has 1 aromatic rings. The first-order valence-electron chi connectivity index (χ1n) is 8.72. The van der Waals surface area contributed by atoms with Crippen LogP contribution in [0.5, 0.6) is 0 Å². The van der Waals surface area contributed by atoms with E-state index in [0.717, 1.165) is 25.7 Å². The second-order valence-electron chi connectivity index (χ2n) is 6.26. The van der Waals surface area contributed by atoms with E-state index >= 15 is 0 Å². The zero-order chi connectivity index (χ0) is 18.1. The molecule has 0 heterocycles. The van der Waals surface area contributed by atoms with Gasteiger partial charge in [-0.3, -0.25) is 9.59 Å². The van der Waals surface area contributed by atoms with Gasteiger partial charge in [0.15, 0.2) is 0 Å². The van der Waals surface area contributed by atoms with Gasteiger partial charge < -0.3 is 21.1 Å². The van der Waals surface area contributed by atoms with Crippen molar-refractivity contribution in [1.29, 1.82) is 0 Å². The molecule has 0 radical (unpaired) electrons. The number of urea groups is 1. The number of nitrogens with one attached hydrogen (secondary N) is 3. The summed E-state index contributed by atoms with van der Waals surface area (Å²) >= 11 is 0. The van der Waals surface area contributed by atoms with Crippen LogP contribution in [-0.4, -0.2) is 35.6 Å². The third-order valence-electron chi connectivity index (χ3n) is 4.20. The van der Waals surface area contributed by atoms with E-state index in [1.807, 2.05) is 0 Å². The summed E-state index contributed by atoms with van der Waals surface area (Å²) in [5.41, 5.74) is 1.14. The van der Waals surface area contributed by atoms with Crippen LogP contribution in [0.2, 0.25) is 0 Å². The maximum atomic E-state index is 12.2. The molecule has 136 valence electrons. The molecule has 0 aliphatic heterocycles. The van der Waals surface area contributed by atoms with Crippen LogP contribution >= 0.6 is 0 Å². The molecule has 0 bridgehead atoms. The van der Waals surface area contributed by atoms with Gasteiger partial charge in [-0.05, 0) is 43.5 Å². The van der Waals surface area contributed by atoms with Crippen LogP contribution in [-0.2, 0) is 4.79 Å². The largest absolute Gasteiger partial charge is 0.481 e. The number of hydrogen-bond donors (Lipinski definition) is 4. The molecule has 1 aromatic carbocycles. The third-order valence-corrected chi connectivity index (χ3v) is 4.20. The molecule has 0 unspecified atom stereocenters. The van der Waals surface area contributed by atoms with E-state index in [0.29, 0.717) is 24.2 Å². The molecular formula is C18H25N3O4. The van der Waals surface area contributed by atoms with Gasteiger partial charge in [0.25, 0.3) is 5.91 Å². The first-order valence-corrected chi connectivity index (χ1v) is 8.72. The molecule has 0 aromatic heterocycles. The first kappa shape index (κ1) is 18.8. The molecular weight excluding hydrogens is 322 g/mol. The molecule has 7 heteroatoms.